The molecule has 2 heterocycles. The summed E-state index contributed by atoms with van der Waals surface area (Å²) >= 11 is 0. The number of imidazole rings is 1. The van der Waals surface area contributed by atoms with Gasteiger partial charge in [-0.3, -0.25) is 0 Å². The summed E-state index contributed by atoms with van der Waals surface area (Å²) in [7, 11) is 1.92. The molecule has 0 saturated carbocycles. The monoisotopic (exact) mass is 281 g/mol. The van der Waals surface area contributed by atoms with Gasteiger partial charge in [0.15, 0.2) is 0 Å². The number of amides is 1. The van der Waals surface area contributed by atoms with Crippen LogP contribution in [-0.2, 0) is 11.8 Å². The van der Waals surface area contributed by atoms with Gasteiger partial charge in [0.1, 0.15) is 5.60 Å². The van der Waals surface area contributed by atoms with Gasteiger partial charge in [-0.2, -0.15) is 0 Å². The van der Waals surface area contributed by atoms with Crippen LogP contribution in [0, 0.1) is 5.92 Å². The normalized spacial score (nSPS) is 23.1. The lowest BCUT2D eigenvalue weighted by Gasteiger charge is -2.24. The van der Waals surface area contributed by atoms with Crippen LogP contribution in [0.2, 0.25) is 0 Å². The predicted octanol–water partition coefficient (Wildman–Crippen LogP) is 1.36. The lowest BCUT2D eigenvalue weighted by atomic mass is 9.94. The maximum Gasteiger partial charge on any atom is 0.410 e. The zero-order chi connectivity index (χ0) is 14.9. The summed E-state index contributed by atoms with van der Waals surface area (Å²) in [5.41, 5.74) is 0.534. The van der Waals surface area contributed by atoms with Crippen LogP contribution in [0.4, 0.5) is 4.79 Å². The molecular weight excluding hydrogens is 258 g/mol. The third-order valence-electron chi connectivity index (χ3n) is 3.56. The molecule has 0 spiro atoms. The highest BCUT2D eigenvalue weighted by molar-refractivity contribution is 5.68. The van der Waals surface area contributed by atoms with Gasteiger partial charge in [0, 0.05) is 50.5 Å². The molecule has 1 aliphatic rings. The summed E-state index contributed by atoms with van der Waals surface area (Å²) < 4.78 is 7.33. The topological polar surface area (TPSA) is 67.6 Å². The zero-order valence-electron chi connectivity index (χ0n) is 12.5. The molecule has 112 valence electrons. The van der Waals surface area contributed by atoms with E-state index >= 15 is 0 Å². The maximum absolute atomic E-state index is 12.1. The van der Waals surface area contributed by atoms with Crippen LogP contribution < -0.4 is 0 Å². The standard InChI is InChI=1S/C14H23N3O3/c1-14(2,3)20-13(19)17-6-10(8-18)11(7-17)12-5-15-9-16(12)4/h5,9-11,18H,6-8H2,1-4H3/t10-,11+/m0/s1. The van der Waals surface area contributed by atoms with Crippen LogP contribution in [0.15, 0.2) is 12.5 Å². The van der Waals surface area contributed by atoms with Crippen molar-refractivity contribution in [3.63, 3.8) is 0 Å². The highest BCUT2D eigenvalue weighted by Crippen LogP contribution is 2.32. The van der Waals surface area contributed by atoms with Crippen LogP contribution in [-0.4, -0.2) is 50.9 Å². The predicted molar refractivity (Wildman–Crippen MR) is 74.3 cm³/mol. The molecular formula is C14H23N3O3. The van der Waals surface area contributed by atoms with Gasteiger partial charge >= 0.3 is 6.09 Å². The Hall–Kier alpha value is -1.56. The second kappa shape index (κ2) is 5.44. The van der Waals surface area contributed by atoms with Crippen molar-refractivity contribution in [1.29, 1.82) is 0 Å². The molecule has 0 radical (unpaired) electrons. The van der Waals surface area contributed by atoms with Gasteiger partial charge in [0.05, 0.1) is 6.33 Å². The van der Waals surface area contributed by atoms with Crippen LogP contribution >= 0.6 is 0 Å². The van der Waals surface area contributed by atoms with Crippen LogP contribution in [0.25, 0.3) is 0 Å². The average molecular weight is 281 g/mol. The van der Waals surface area contributed by atoms with Crippen molar-refractivity contribution in [2.24, 2.45) is 13.0 Å². The number of hydrogen-bond acceptors (Lipinski definition) is 4. The molecule has 0 aliphatic carbocycles. The molecule has 1 saturated heterocycles. The van der Waals surface area contributed by atoms with Crippen molar-refractivity contribution < 1.29 is 14.6 Å². The molecule has 0 aromatic carbocycles. The Morgan fingerprint density at radius 3 is 2.70 bits per heavy atom. The maximum atomic E-state index is 12.1. The minimum Gasteiger partial charge on any atom is -0.444 e. The first-order valence-corrected chi connectivity index (χ1v) is 6.87. The smallest absolute Gasteiger partial charge is 0.410 e. The molecule has 1 aliphatic heterocycles. The van der Waals surface area contributed by atoms with Crippen molar-refractivity contribution in [3.05, 3.63) is 18.2 Å². The summed E-state index contributed by atoms with van der Waals surface area (Å²) in [5.74, 6) is 0.123. The molecule has 1 aromatic heterocycles. The van der Waals surface area contributed by atoms with Gasteiger partial charge in [0.25, 0.3) is 0 Å². The lowest BCUT2D eigenvalue weighted by Crippen LogP contribution is -2.35. The first-order chi connectivity index (χ1) is 9.31. The Kier molecular flexibility index (Phi) is 4.04. The number of likely N-dealkylation sites (tertiary alicyclic amines) is 1. The highest BCUT2D eigenvalue weighted by atomic mass is 16.6. The SMILES string of the molecule is Cn1cncc1[C@@H]1CN(C(=O)OC(C)(C)C)C[C@H]1CO. The number of rotatable bonds is 2. The third-order valence-corrected chi connectivity index (χ3v) is 3.56. The van der Waals surface area contributed by atoms with E-state index in [1.165, 1.54) is 0 Å². The molecule has 1 N–H and O–H groups in total. The first kappa shape index (κ1) is 14.8. The summed E-state index contributed by atoms with van der Waals surface area (Å²) in [5, 5.41) is 9.55. The van der Waals surface area contributed by atoms with Crippen LogP contribution in [0.5, 0.6) is 0 Å². The summed E-state index contributed by atoms with van der Waals surface area (Å²) in [6.45, 7) is 6.67. The number of carbonyl (C=O) groups is 1. The lowest BCUT2D eigenvalue weighted by molar-refractivity contribution is 0.0283. The van der Waals surface area contributed by atoms with Crippen molar-refractivity contribution in [2.75, 3.05) is 19.7 Å². The Labute approximate surface area is 119 Å². The number of aromatic nitrogens is 2. The van der Waals surface area contributed by atoms with E-state index in [1.807, 2.05) is 32.4 Å². The van der Waals surface area contributed by atoms with Gasteiger partial charge < -0.3 is 19.3 Å². The van der Waals surface area contributed by atoms with E-state index in [2.05, 4.69) is 4.98 Å². The summed E-state index contributed by atoms with van der Waals surface area (Å²) in [4.78, 5) is 17.9. The fraction of sp³-hybridized carbons (Fsp3) is 0.714. The second-order valence-corrected chi connectivity index (χ2v) is 6.36. The Morgan fingerprint density at radius 2 is 2.20 bits per heavy atom. The van der Waals surface area contributed by atoms with Gasteiger partial charge in [-0.25, -0.2) is 9.78 Å². The molecule has 2 atom stereocenters. The zero-order valence-corrected chi connectivity index (χ0v) is 12.5. The van der Waals surface area contributed by atoms with Crippen molar-refractivity contribution in [1.82, 2.24) is 14.5 Å². The minimum absolute atomic E-state index is 0.0259. The van der Waals surface area contributed by atoms with E-state index in [4.69, 9.17) is 4.74 Å². The number of ether oxygens (including phenoxy) is 1. The Bertz CT molecular complexity index is 478. The van der Waals surface area contributed by atoms with Gasteiger partial charge in [-0.1, -0.05) is 0 Å². The largest absolute Gasteiger partial charge is 0.444 e. The molecule has 1 aromatic rings. The van der Waals surface area contributed by atoms with Crippen LogP contribution in [0.1, 0.15) is 32.4 Å². The molecule has 6 heteroatoms. The average Bonchev–Trinajstić information content (AvgIpc) is 2.91. The number of aryl methyl sites for hydroxylation is 1. The quantitative estimate of drug-likeness (QED) is 0.889. The number of aliphatic hydroxyl groups excluding tert-OH is 1. The summed E-state index contributed by atoms with van der Waals surface area (Å²) in [6, 6.07) is 0. The minimum atomic E-state index is -0.504. The number of nitrogens with zero attached hydrogens (tertiary/aromatic N) is 3. The molecule has 0 unspecified atom stereocenters. The second-order valence-electron chi connectivity index (χ2n) is 6.36. The van der Waals surface area contributed by atoms with E-state index in [-0.39, 0.29) is 24.5 Å². The van der Waals surface area contributed by atoms with Gasteiger partial charge in [0.2, 0.25) is 0 Å². The molecule has 0 bridgehead atoms. The van der Waals surface area contributed by atoms with Crippen molar-refractivity contribution in [2.45, 2.75) is 32.3 Å². The fourth-order valence-electron chi connectivity index (χ4n) is 2.59. The van der Waals surface area contributed by atoms with Gasteiger partial charge in [-0.15, -0.1) is 0 Å². The Morgan fingerprint density at radius 1 is 1.50 bits per heavy atom. The van der Waals surface area contributed by atoms with Gasteiger partial charge in [-0.05, 0) is 20.8 Å². The molecule has 1 fully saturated rings. The number of aliphatic hydroxyl groups is 1. The first-order valence-electron chi connectivity index (χ1n) is 6.87. The van der Waals surface area contributed by atoms with Crippen molar-refractivity contribution >= 4 is 6.09 Å². The van der Waals surface area contributed by atoms with E-state index in [0.29, 0.717) is 13.1 Å². The van der Waals surface area contributed by atoms with E-state index in [1.54, 1.807) is 17.4 Å². The molecule has 2 rings (SSSR count). The van der Waals surface area contributed by atoms with E-state index in [0.717, 1.165) is 5.69 Å². The molecule has 6 nitrogen and oxygen atoms in total. The van der Waals surface area contributed by atoms with E-state index < -0.39 is 5.60 Å². The Balaban J connectivity index is 2.10. The van der Waals surface area contributed by atoms with Crippen LogP contribution in [0.3, 0.4) is 0 Å². The van der Waals surface area contributed by atoms with E-state index in [9.17, 15) is 9.90 Å². The molecule has 1 amide bonds. The van der Waals surface area contributed by atoms with Crippen molar-refractivity contribution in [3.8, 4) is 0 Å². The number of carbonyl (C=O) groups excluding carboxylic acids is 1. The molecule has 20 heavy (non-hydrogen) atoms. The third kappa shape index (κ3) is 3.12. The fourth-order valence-corrected chi connectivity index (χ4v) is 2.59. The summed E-state index contributed by atoms with van der Waals surface area (Å²) in [6.07, 6.45) is 3.21. The highest BCUT2D eigenvalue weighted by Gasteiger charge is 2.38. The number of hydrogen-bond donors (Lipinski definition) is 1.